The fraction of sp³-hybridized carbons (Fsp3) is 0.333. The summed E-state index contributed by atoms with van der Waals surface area (Å²) >= 11 is 0. The molecule has 1 aromatic heterocycles. The van der Waals surface area contributed by atoms with Crippen molar-refractivity contribution < 1.29 is 4.79 Å². The first-order valence-corrected chi connectivity index (χ1v) is 6.71. The second kappa shape index (κ2) is 4.37. The van der Waals surface area contributed by atoms with Crippen LogP contribution in [0.4, 0.5) is 11.4 Å². The predicted octanol–water partition coefficient (Wildman–Crippen LogP) is 1.53. The van der Waals surface area contributed by atoms with Crippen LogP contribution >= 0.6 is 0 Å². The standard InChI is InChI=1S/C15H18N4O/c1-15(2)14(20)18-8-9-19(15)12-6-5-11-10(13(12)16)4-3-7-17-11/h3-7H,8-9,16H2,1-2H3,(H,18,20). The Labute approximate surface area is 117 Å². The van der Waals surface area contributed by atoms with Gasteiger partial charge in [-0.1, -0.05) is 0 Å². The molecule has 5 nitrogen and oxygen atoms in total. The van der Waals surface area contributed by atoms with Gasteiger partial charge in [0.1, 0.15) is 5.54 Å². The van der Waals surface area contributed by atoms with Crippen LogP contribution in [-0.4, -0.2) is 29.5 Å². The number of anilines is 2. The van der Waals surface area contributed by atoms with E-state index in [1.165, 1.54) is 0 Å². The van der Waals surface area contributed by atoms with E-state index in [2.05, 4.69) is 15.2 Å². The van der Waals surface area contributed by atoms with Gasteiger partial charge in [0.25, 0.3) is 0 Å². The van der Waals surface area contributed by atoms with E-state index in [0.717, 1.165) is 23.1 Å². The van der Waals surface area contributed by atoms with E-state index in [1.54, 1.807) is 6.20 Å². The molecule has 0 radical (unpaired) electrons. The summed E-state index contributed by atoms with van der Waals surface area (Å²) in [5, 5.41) is 3.82. The number of nitrogens with two attached hydrogens (primary N) is 1. The van der Waals surface area contributed by atoms with E-state index in [9.17, 15) is 4.79 Å². The summed E-state index contributed by atoms with van der Waals surface area (Å²) in [6.45, 7) is 5.20. The van der Waals surface area contributed by atoms with E-state index in [1.807, 2.05) is 38.1 Å². The van der Waals surface area contributed by atoms with Crippen LogP contribution in [0.2, 0.25) is 0 Å². The van der Waals surface area contributed by atoms with Gasteiger partial charge in [-0.15, -0.1) is 0 Å². The first kappa shape index (κ1) is 12.7. The number of fused-ring (bicyclic) bond motifs is 1. The molecule has 1 aliphatic rings. The van der Waals surface area contributed by atoms with Crippen LogP contribution in [-0.2, 0) is 4.79 Å². The number of rotatable bonds is 1. The minimum Gasteiger partial charge on any atom is -0.396 e. The SMILES string of the molecule is CC1(C)C(=O)NCCN1c1ccc2ncccc2c1N. The van der Waals surface area contributed by atoms with Crippen LogP contribution < -0.4 is 16.0 Å². The molecule has 1 aliphatic heterocycles. The normalized spacial score (nSPS) is 18.1. The van der Waals surface area contributed by atoms with Crippen molar-refractivity contribution in [1.29, 1.82) is 0 Å². The number of nitrogens with zero attached hydrogens (tertiary/aromatic N) is 2. The molecular weight excluding hydrogens is 252 g/mol. The molecule has 104 valence electrons. The molecule has 1 fully saturated rings. The van der Waals surface area contributed by atoms with Crippen molar-refractivity contribution in [3.05, 3.63) is 30.5 Å². The number of hydrogen-bond acceptors (Lipinski definition) is 4. The maximum Gasteiger partial charge on any atom is 0.245 e. The fourth-order valence-corrected chi connectivity index (χ4v) is 2.72. The number of carbonyl (C=O) groups is 1. The topological polar surface area (TPSA) is 71.2 Å². The van der Waals surface area contributed by atoms with Crippen molar-refractivity contribution in [1.82, 2.24) is 10.3 Å². The summed E-state index contributed by atoms with van der Waals surface area (Å²) in [5.74, 6) is 0.0226. The molecule has 3 rings (SSSR count). The number of hydrogen-bond donors (Lipinski definition) is 2. The molecule has 2 heterocycles. The number of nitrogens with one attached hydrogen (secondary N) is 1. The van der Waals surface area contributed by atoms with Crippen molar-refractivity contribution in [3.8, 4) is 0 Å². The number of benzene rings is 1. The summed E-state index contributed by atoms with van der Waals surface area (Å²) in [4.78, 5) is 18.4. The van der Waals surface area contributed by atoms with Gasteiger partial charge in [0.2, 0.25) is 5.91 Å². The van der Waals surface area contributed by atoms with Gasteiger partial charge in [-0.3, -0.25) is 9.78 Å². The average Bonchev–Trinajstić information content (AvgIpc) is 2.43. The monoisotopic (exact) mass is 270 g/mol. The Morgan fingerprint density at radius 2 is 2.15 bits per heavy atom. The third kappa shape index (κ3) is 1.78. The molecule has 1 aromatic carbocycles. The van der Waals surface area contributed by atoms with Gasteiger partial charge in [0, 0.05) is 24.7 Å². The highest BCUT2D eigenvalue weighted by Gasteiger charge is 2.38. The van der Waals surface area contributed by atoms with Crippen molar-refractivity contribution >= 4 is 28.2 Å². The smallest absolute Gasteiger partial charge is 0.245 e. The minimum atomic E-state index is -0.609. The van der Waals surface area contributed by atoms with Gasteiger partial charge < -0.3 is 16.0 Å². The molecule has 0 unspecified atom stereocenters. The first-order valence-electron chi connectivity index (χ1n) is 6.71. The van der Waals surface area contributed by atoms with Crippen LogP contribution in [0.1, 0.15) is 13.8 Å². The zero-order valence-electron chi connectivity index (χ0n) is 11.7. The predicted molar refractivity (Wildman–Crippen MR) is 80.6 cm³/mol. The van der Waals surface area contributed by atoms with Gasteiger partial charge in [0.05, 0.1) is 16.9 Å². The Kier molecular flexibility index (Phi) is 2.78. The Bertz CT molecular complexity index is 681. The highest BCUT2D eigenvalue weighted by molar-refractivity contribution is 5.99. The van der Waals surface area contributed by atoms with E-state index in [4.69, 9.17) is 5.73 Å². The minimum absolute atomic E-state index is 0.0226. The van der Waals surface area contributed by atoms with Crippen molar-refractivity contribution in [2.75, 3.05) is 23.7 Å². The number of nitrogen functional groups attached to an aromatic ring is 1. The van der Waals surface area contributed by atoms with E-state index < -0.39 is 5.54 Å². The molecular formula is C15H18N4O. The summed E-state index contributed by atoms with van der Waals surface area (Å²) in [7, 11) is 0. The van der Waals surface area contributed by atoms with Gasteiger partial charge >= 0.3 is 0 Å². The first-order chi connectivity index (χ1) is 9.51. The number of carbonyl (C=O) groups excluding carboxylic acids is 1. The molecule has 1 amide bonds. The van der Waals surface area contributed by atoms with E-state index in [-0.39, 0.29) is 5.91 Å². The molecule has 5 heteroatoms. The maximum absolute atomic E-state index is 12.1. The number of pyridine rings is 1. The van der Waals surface area contributed by atoms with Gasteiger partial charge in [-0.25, -0.2) is 0 Å². The van der Waals surface area contributed by atoms with Crippen LogP contribution in [0.5, 0.6) is 0 Å². The second-order valence-corrected chi connectivity index (χ2v) is 5.54. The molecule has 0 atom stereocenters. The zero-order chi connectivity index (χ0) is 14.3. The van der Waals surface area contributed by atoms with Crippen molar-refractivity contribution in [3.63, 3.8) is 0 Å². The van der Waals surface area contributed by atoms with Crippen molar-refractivity contribution in [2.45, 2.75) is 19.4 Å². The van der Waals surface area contributed by atoms with Crippen LogP contribution in [0.15, 0.2) is 30.5 Å². The lowest BCUT2D eigenvalue weighted by Crippen LogP contribution is -2.62. The Hall–Kier alpha value is -2.30. The summed E-state index contributed by atoms with van der Waals surface area (Å²) in [6.07, 6.45) is 1.75. The zero-order valence-corrected chi connectivity index (χ0v) is 11.7. The quantitative estimate of drug-likeness (QED) is 0.771. The van der Waals surface area contributed by atoms with Crippen LogP contribution in [0.25, 0.3) is 10.9 Å². The van der Waals surface area contributed by atoms with E-state index in [0.29, 0.717) is 12.2 Å². The number of aromatic nitrogens is 1. The lowest BCUT2D eigenvalue weighted by Gasteiger charge is -2.43. The van der Waals surface area contributed by atoms with Crippen LogP contribution in [0.3, 0.4) is 0 Å². The molecule has 2 aromatic rings. The summed E-state index contributed by atoms with van der Waals surface area (Å²) < 4.78 is 0. The highest BCUT2D eigenvalue weighted by Crippen LogP contribution is 2.35. The molecule has 1 saturated heterocycles. The number of piperazine rings is 1. The molecule has 0 saturated carbocycles. The van der Waals surface area contributed by atoms with Gasteiger partial charge in [-0.05, 0) is 38.1 Å². The van der Waals surface area contributed by atoms with Gasteiger partial charge in [0.15, 0.2) is 0 Å². The third-order valence-corrected chi connectivity index (χ3v) is 3.95. The molecule has 20 heavy (non-hydrogen) atoms. The molecule has 0 spiro atoms. The summed E-state index contributed by atoms with van der Waals surface area (Å²) in [6, 6.07) is 7.73. The molecule has 0 bridgehead atoms. The Morgan fingerprint density at radius 3 is 2.95 bits per heavy atom. The summed E-state index contributed by atoms with van der Waals surface area (Å²) in [5.41, 5.74) is 8.14. The fourth-order valence-electron chi connectivity index (χ4n) is 2.72. The molecule has 0 aliphatic carbocycles. The maximum atomic E-state index is 12.1. The number of amides is 1. The van der Waals surface area contributed by atoms with Crippen LogP contribution in [0, 0.1) is 0 Å². The average molecular weight is 270 g/mol. The van der Waals surface area contributed by atoms with E-state index >= 15 is 0 Å². The largest absolute Gasteiger partial charge is 0.396 e. The lowest BCUT2D eigenvalue weighted by atomic mass is 9.97. The Balaban J connectivity index is 2.14. The third-order valence-electron chi connectivity index (χ3n) is 3.95. The Morgan fingerprint density at radius 1 is 1.35 bits per heavy atom. The molecule has 3 N–H and O–H groups in total. The second-order valence-electron chi connectivity index (χ2n) is 5.54. The lowest BCUT2D eigenvalue weighted by molar-refractivity contribution is -0.126. The highest BCUT2D eigenvalue weighted by atomic mass is 16.2. The van der Waals surface area contributed by atoms with Crippen molar-refractivity contribution in [2.24, 2.45) is 0 Å². The van der Waals surface area contributed by atoms with Gasteiger partial charge in [-0.2, -0.15) is 0 Å².